The van der Waals surface area contributed by atoms with Gasteiger partial charge in [0.15, 0.2) is 10.8 Å². The molecule has 8 heteroatoms. The molecule has 0 bridgehead atoms. The first-order valence-electron chi connectivity index (χ1n) is 6.70. The Labute approximate surface area is 125 Å². The van der Waals surface area contributed by atoms with E-state index < -0.39 is 5.91 Å². The molecule has 0 spiro atoms. The lowest BCUT2D eigenvalue weighted by molar-refractivity contribution is 0.100. The summed E-state index contributed by atoms with van der Waals surface area (Å²) in [4.78, 5) is 16.7. The average molecular weight is 304 g/mol. The summed E-state index contributed by atoms with van der Waals surface area (Å²) >= 11 is 1.56. The Morgan fingerprint density at radius 3 is 3.10 bits per heavy atom. The molecule has 3 rings (SSSR count). The number of amides is 1. The Morgan fingerprint density at radius 1 is 1.52 bits per heavy atom. The first-order valence-corrected chi connectivity index (χ1v) is 7.58. The van der Waals surface area contributed by atoms with Crippen LogP contribution in [0.5, 0.6) is 0 Å². The summed E-state index contributed by atoms with van der Waals surface area (Å²) in [5.74, 6) is 0.228. The lowest BCUT2D eigenvalue weighted by Gasteiger charge is -2.05. The first kappa shape index (κ1) is 13.8. The maximum absolute atomic E-state index is 11.2. The number of rotatable bonds is 6. The second-order valence-corrected chi connectivity index (χ2v) is 5.53. The molecule has 0 saturated heterocycles. The Morgan fingerprint density at radius 2 is 2.38 bits per heavy atom. The van der Waals surface area contributed by atoms with Crippen molar-refractivity contribution in [2.24, 2.45) is 5.73 Å². The van der Waals surface area contributed by atoms with Gasteiger partial charge in [0.1, 0.15) is 0 Å². The van der Waals surface area contributed by atoms with Crippen molar-refractivity contribution in [2.75, 3.05) is 6.54 Å². The van der Waals surface area contributed by atoms with Crippen molar-refractivity contribution in [3.05, 3.63) is 35.2 Å². The number of thiazole rings is 1. The average Bonchev–Trinajstić information content (AvgIpc) is 3.13. The smallest absolute Gasteiger partial charge is 0.251 e. The molecular weight excluding hydrogens is 288 g/mol. The molecule has 0 aliphatic rings. The monoisotopic (exact) mass is 304 g/mol. The minimum Gasteiger partial charge on any atom is -0.366 e. The van der Waals surface area contributed by atoms with E-state index in [1.54, 1.807) is 22.2 Å². The number of hydrogen-bond donors (Lipinski definition) is 2. The van der Waals surface area contributed by atoms with Gasteiger partial charge in [-0.05, 0) is 13.0 Å². The van der Waals surface area contributed by atoms with Crippen LogP contribution in [-0.4, -0.2) is 31.6 Å². The standard InChI is InChI=1S/C13H16N6OS/c1-2-3-15-7-10-12(17-13-18(10)4-5-21-13)19-8-9(6-16-19)11(14)20/h4-6,8,15H,2-3,7H2,1H3,(H2,14,20). The summed E-state index contributed by atoms with van der Waals surface area (Å²) in [6.45, 7) is 3.74. The summed E-state index contributed by atoms with van der Waals surface area (Å²) < 4.78 is 3.64. The second kappa shape index (κ2) is 5.66. The zero-order chi connectivity index (χ0) is 14.8. The van der Waals surface area contributed by atoms with Crippen LogP contribution in [-0.2, 0) is 6.54 Å². The minimum absolute atomic E-state index is 0.374. The summed E-state index contributed by atoms with van der Waals surface area (Å²) in [7, 11) is 0. The highest BCUT2D eigenvalue weighted by molar-refractivity contribution is 7.15. The van der Waals surface area contributed by atoms with E-state index in [0.29, 0.717) is 12.1 Å². The molecule has 0 unspecified atom stereocenters. The summed E-state index contributed by atoms with van der Waals surface area (Å²) in [6, 6.07) is 0. The maximum Gasteiger partial charge on any atom is 0.251 e. The van der Waals surface area contributed by atoms with Gasteiger partial charge in [0, 0.05) is 24.3 Å². The highest BCUT2D eigenvalue weighted by Crippen LogP contribution is 2.20. The molecule has 3 N–H and O–H groups in total. The molecule has 0 atom stereocenters. The van der Waals surface area contributed by atoms with Crippen LogP contribution < -0.4 is 11.1 Å². The van der Waals surface area contributed by atoms with Crippen molar-refractivity contribution in [1.82, 2.24) is 24.5 Å². The van der Waals surface area contributed by atoms with Crippen LogP contribution in [0.15, 0.2) is 24.0 Å². The van der Waals surface area contributed by atoms with Gasteiger partial charge >= 0.3 is 0 Å². The minimum atomic E-state index is -0.493. The molecule has 21 heavy (non-hydrogen) atoms. The van der Waals surface area contributed by atoms with E-state index in [-0.39, 0.29) is 0 Å². The van der Waals surface area contributed by atoms with Gasteiger partial charge < -0.3 is 11.1 Å². The highest BCUT2D eigenvalue weighted by atomic mass is 32.1. The SMILES string of the molecule is CCCNCc1c(-n2cc(C(N)=O)cn2)nc2sccn12. The summed E-state index contributed by atoms with van der Waals surface area (Å²) in [5, 5.41) is 9.55. The Kier molecular flexibility index (Phi) is 3.72. The van der Waals surface area contributed by atoms with Crippen molar-refractivity contribution in [3.8, 4) is 5.82 Å². The van der Waals surface area contributed by atoms with Crippen molar-refractivity contribution in [3.63, 3.8) is 0 Å². The Bertz CT molecular complexity index is 771. The number of fused-ring (bicyclic) bond motifs is 1. The number of hydrogen-bond acceptors (Lipinski definition) is 5. The van der Waals surface area contributed by atoms with Crippen LogP contribution in [0.25, 0.3) is 10.8 Å². The second-order valence-electron chi connectivity index (χ2n) is 4.65. The van der Waals surface area contributed by atoms with Gasteiger partial charge in [-0.3, -0.25) is 9.20 Å². The molecule has 0 aliphatic carbocycles. The molecule has 110 valence electrons. The number of aromatic nitrogens is 4. The van der Waals surface area contributed by atoms with Crippen LogP contribution in [0.3, 0.4) is 0 Å². The van der Waals surface area contributed by atoms with Gasteiger partial charge in [-0.1, -0.05) is 6.92 Å². The number of carbonyl (C=O) groups is 1. The zero-order valence-electron chi connectivity index (χ0n) is 11.6. The van der Waals surface area contributed by atoms with E-state index in [2.05, 4.69) is 22.3 Å². The predicted octanol–water partition coefficient (Wildman–Crippen LogP) is 1.18. The number of carbonyl (C=O) groups excluding carboxylic acids is 1. The van der Waals surface area contributed by atoms with Crippen LogP contribution in [0.2, 0.25) is 0 Å². The van der Waals surface area contributed by atoms with E-state index in [1.165, 1.54) is 6.20 Å². The fourth-order valence-corrected chi connectivity index (χ4v) is 2.85. The summed E-state index contributed by atoms with van der Waals surface area (Å²) in [5.41, 5.74) is 6.66. The first-order chi connectivity index (χ1) is 10.2. The van der Waals surface area contributed by atoms with E-state index in [9.17, 15) is 4.79 Å². The van der Waals surface area contributed by atoms with Crippen molar-refractivity contribution >= 4 is 22.2 Å². The number of nitrogens with two attached hydrogens (primary N) is 1. The maximum atomic E-state index is 11.2. The molecule has 3 heterocycles. The van der Waals surface area contributed by atoms with Crippen LogP contribution in [0.4, 0.5) is 0 Å². The van der Waals surface area contributed by atoms with E-state index in [0.717, 1.165) is 29.4 Å². The van der Waals surface area contributed by atoms with Crippen LogP contribution in [0, 0.1) is 0 Å². The van der Waals surface area contributed by atoms with E-state index in [4.69, 9.17) is 5.73 Å². The van der Waals surface area contributed by atoms with Crippen molar-refractivity contribution < 1.29 is 4.79 Å². The third-order valence-corrected chi connectivity index (χ3v) is 3.90. The molecule has 7 nitrogen and oxygen atoms in total. The largest absolute Gasteiger partial charge is 0.366 e. The fraction of sp³-hybridized carbons (Fsp3) is 0.308. The molecule has 0 radical (unpaired) electrons. The molecule has 1 amide bonds. The summed E-state index contributed by atoms with van der Waals surface area (Å²) in [6.07, 6.45) is 6.11. The number of primary amides is 1. The van der Waals surface area contributed by atoms with E-state index >= 15 is 0 Å². The molecule has 0 saturated carbocycles. The fourth-order valence-electron chi connectivity index (χ4n) is 2.12. The van der Waals surface area contributed by atoms with Gasteiger partial charge in [-0.2, -0.15) is 10.1 Å². The Balaban J connectivity index is 2.01. The zero-order valence-corrected chi connectivity index (χ0v) is 12.4. The lowest BCUT2D eigenvalue weighted by Crippen LogP contribution is -2.16. The van der Waals surface area contributed by atoms with Gasteiger partial charge in [0.2, 0.25) is 0 Å². The normalized spacial score (nSPS) is 11.3. The number of imidazole rings is 1. The van der Waals surface area contributed by atoms with Crippen molar-refractivity contribution in [1.29, 1.82) is 0 Å². The Hall–Kier alpha value is -2.19. The molecule has 0 aromatic carbocycles. The molecule has 0 fully saturated rings. The quantitative estimate of drug-likeness (QED) is 0.669. The lowest BCUT2D eigenvalue weighted by atomic mass is 10.3. The molecular formula is C13H16N6OS. The van der Waals surface area contributed by atoms with Gasteiger partial charge in [0.05, 0.1) is 17.5 Å². The topological polar surface area (TPSA) is 90.2 Å². The third-order valence-electron chi connectivity index (χ3n) is 3.14. The van der Waals surface area contributed by atoms with E-state index in [1.807, 2.05) is 16.0 Å². The van der Waals surface area contributed by atoms with Gasteiger partial charge in [0.25, 0.3) is 5.91 Å². The highest BCUT2D eigenvalue weighted by Gasteiger charge is 2.16. The molecule has 3 aromatic rings. The van der Waals surface area contributed by atoms with Crippen LogP contribution in [0.1, 0.15) is 29.4 Å². The third kappa shape index (κ3) is 2.55. The van der Waals surface area contributed by atoms with Crippen LogP contribution >= 0.6 is 11.3 Å². The predicted molar refractivity (Wildman–Crippen MR) is 80.7 cm³/mol. The number of nitrogens with zero attached hydrogens (tertiary/aromatic N) is 4. The molecule has 3 aromatic heterocycles. The number of nitrogens with one attached hydrogen (secondary N) is 1. The van der Waals surface area contributed by atoms with Gasteiger partial charge in [-0.25, -0.2) is 4.68 Å². The van der Waals surface area contributed by atoms with Crippen molar-refractivity contribution in [2.45, 2.75) is 19.9 Å². The van der Waals surface area contributed by atoms with Gasteiger partial charge in [-0.15, -0.1) is 11.3 Å². The molecule has 0 aliphatic heterocycles.